The van der Waals surface area contributed by atoms with Crippen molar-refractivity contribution in [1.82, 2.24) is 25.0 Å². The summed E-state index contributed by atoms with van der Waals surface area (Å²) < 4.78 is 7.65. The van der Waals surface area contributed by atoms with Crippen molar-refractivity contribution in [3.05, 3.63) is 71.7 Å². The number of ether oxygens (including phenoxy) is 1. The minimum absolute atomic E-state index is 0.552. The van der Waals surface area contributed by atoms with Gasteiger partial charge in [0.1, 0.15) is 12.4 Å². The molecule has 0 aliphatic heterocycles. The third-order valence-corrected chi connectivity index (χ3v) is 4.58. The van der Waals surface area contributed by atoms with Crippen molar-refractivity contribution in [2.75, 3.05) is 26.7 Å². The summed E-state index contributed by atoms with van der Waals surface area (Å²) in [4.78, 5) is 11.4. The molecule has 158 valence electrons. The van der Waals surface area contributed by atoms with Crippen molar-refractivity contribution in [2.45, 2.75) is 27.3 Å². The number of aliphatic imine (C=N–C) groups is 1. The number of aryl methyl sites for hydroxylation is 2. The van der Waals surface area contributed by atoms with Crippen molar-refractivity contribution in [1.29, 1.82) is 0 Å². The number of likely N-dealkylation sites (N-methyl/N-ethyl adjacent to an activating group) is 1. The highest BCUT2D eigenvalue weighted by Gasteiger charge is 2.07. The second-order valence-electron chi connectivity index (χ2n) is 7.12. The van der Waals surface area contributed by atoms with Gasteiger partial charge in [0.15, 0.2) is 11.8 Å². The second kappa shape index (κ2) is 10.4. The van der Waals surface area contributed by atoms with Gasteiger partial charge in [0, 0.05) is 25.5 Å². The molecule has 0 atom stereocenters. The molecular formula is C23H30N6O. The third kappa shape index (κ3) is 5.83. The summed E-state index contributed by atoms with van der Waals surface area (Å²) >= 11 is 0. The lowest BCUT2D eigenvalue weighted by Crippen LogP contribution is -2.40. The largest absolute Gasteiger partial charge is 0.492 e. The van der Waals surface area contributed by atoms with Gasteiger partial charge in [-0.15, -0.1) is 0 Å². The van der Waals surface area contributed by atoms with E-state index in [4.69, 9.17) is 9.73 Å². The third-order valence-electron chi connectivity index (χ3n) is 4.58. The summed E-state index contributed by atoms with van der Waals surface area (Å²) in [5, 5.41) is 7.81. The monoisotopic (exact) mass is 406 g/mol. The molecular weight excluding hydrogens is 376 g/mol. The Morgan fingerprint density at radius 3 is 2.60 bits per heavy atom. The first-order chi connectivity index (χ1) is 14.6. The maximum absolute atomic E-state index is 5.79. The molecule has 2 aromatic heterocycles. The SMILES string of the molecule is CCNC(=NCc1ccc(-n2nc(C)cc2C)nc1)N(C)CCOc1ccccc1. The Labute approximate surface area is 178 Å². The molecule has 0 aliphatic carbocycles. The Balaban J connectivity index is 1.58. The standard InChI is InChI=1S/C23H30N6O/c1-5-24-23(28(4)13-14-30-21-9-7-6-8-10-21)26-17-20-11-12-22(25-16-20)29-19(3)15-18(2)27-29/h6-12,15-16H,5,13-14,17H2,1-4H3,(H,24,26). The van der Waals surface area contributed by atoms with Gasteiger partial charge in [-0.05, 0) is 50.6 Å². The molecule has 1 N–H and O–H groups in total. The van der Waals surface area contributed by atoms with Crippen LogP contribution in [0, 0.1) is 13.8 Å². The number of hydrogen-bond donors (Lipinski definition) is 1. The van der Waals surface area contributed by atoms with Crippen LogP contribution in [-0.4, -0.2) is 52.4 Å². The van der Waals surface area contributed by atoms with E-state index in [1.165, 1.54) is 0 Å². The minimum Gasteiger partial charge on any atom is -0.492 e. The first-order valence-corrected chi connectivity index (χ1v) is 10.2. The summed E-state index contributed by atoms with van der Waals surface area (Å²) in [6.45, 7) is 8.75. The second-order valence-corrected chi connectivity index (χ2v) is 7.12. The number of rotatable bonds is 8. The molecule has 2 heterocycles. The molecule has 0 radical (unpaired) electrons. The van der Waals surface area contributed by atoms with Crippen molar-refractivity contribution < 1.29 is 4.74 Å². The van der Waals surface area contributed by atoms with Crippen LogP contribution in [0.3, 0.4) is 0 Å². The van der Waals surface area contributed by atoms with E-state index in [2.05, 4.69) is 27.2 Å². The van der Waals surface area contributed by atoms with Crippen molar-refractivity contribution >= 4 is 5.96 Å². The predicted molar refractivity (Wildman–Crippen MR) is 120 cm³/mol. The maximum Gasteiger partial charge on any atom is 0.194 e. The van der Waals surface area contributed by atoms with Gasteiger partial charge in [0.05, 0.1) is 18.8 Å². The van der Waals surface area contributed by atoms with Crippen LogP contribution in [0.2, 0.25) is 0 Å². The Hall–Kier alpha value is -3.35. The van der Waals surface area contributed by atoms with Crippen LogP contribution in [-0.2, 0) is 6.54 Å². The van der Waals surface area contributed by atoms with Crippen LogP contribution in [0.4, 0.5) is 0 Å². The van der Waals surface area contributed by atoms with E-state index in [0.717, 1.165) is 47.6 Å². The molecule has 7 heteroatoms. The average molecular weight is 407 g/mol. The van der Waals surface area contributed by atoms with Gasteiger partial charge >= 0.3 is 0 Å². The molecule has 0 fully saturated rings. The minimum atomic E-state index is 0.552. The lowest BCUT2D eigenvalue weighted by Gasteiger charge is -2.22. The smallest absolute Gasteiger partial charge is 0.194 e. The van der Waals surface area contributed by atoms with Gasteiger partial charge in [-0.3, -0.25) is 0 Å². The van der Waals surface area contributed by atoms with E-state index in [9.17, 15) is 0 Å². The predicted octanol–water partition coefficient (Wildman–Crippen LogP) is 3.36. The molecule has 30 heavy (non-hydrogen) atoms. The molecule has 0 aliphatic rings. The zero-order valence-corrected chi connectivity index (χ0v) is 18.2. The highest BCUT2D eigenvalue weighted by Crippen LogP contribution is 2.11. The number of hydrogen-bond acceptors (Lipinski definition) is 4. The molecule has 0 saturated heterocycles. The summed E-state index contributed by atoms with van der Waals surface area (Å²) in [7, 11) is 2.01. The highest BCUT2D eigenvalue weighted by atomic mass is 16.5. The summed E-state index contributed by atoms with van der Waals surface area (Å²) in [5.74, 6) is 2.54. The molecule has 3 aromatic rings. The zero-order chi connectivity index (χ0) is 21.3. The van der Waals surface area contributed by atoms with Crippen LogP contribution in [0.15, 0.2) is 59.7 Å². The lowest BCUT2D eigenvalue weighted by atomic mass is 10.3. The summed E-state index contributed by atoms with van der Waals surface area (Å²) in [5.41, 5.74) is 3.10. The van der Waals surface area contributed by atoms with Crippen molar-refractivity contribution in [3.8, 4) is 11.6 Å². The summed E-state index contributed by atoms with van der Waals surface area (Å²) in [6.07, 6.45) is 1.86. The molecule has 0 spiro atoms. The Bertz CT molecular complexity index is 950. The maximum atomic E-state index is 5.79. The van der Waals surface area contributed by atoms with E-state index in [-0.39, 0.29) is 0 Å². The number of nitrogens with zero attached hydrogens (tertiary/aromatic N) is 5. The van der Waals surface area contributed by atoms with Gasteiger partial charge < -0.3 is 15.0 Å². The van der Waals surface area contributed by atoms with Gasteiger partial charge in [-0.1, -0.05) is 24.3 Å². The molecule has 3 rings (SSSR count). The molecule has 0 unspecified atom stereocenters. The Kier molecular flexibility index (Phi) is 7.43. The molecule has 1 aromatic carbocycles. The van der Waals surface area contributed by atoms with Crippen LogP contribution in [0.5, 0.6) is 5.75 Å². The fourth-order valence-electron chi connectivity index (χ4n) is 3.06. The van der Waals surface area contributed by atoms with E-state index in [1.54, 1.807) is 0 Å². The fourth-order valence-corrected chi connectivity index (χ4v) is 3.06. The van der Waals surface area contributed by atoms with Crippen LogP contribution >= 0.6 is 0 Å². The summed E-state index contributed by atoms with van der Waals surface area (Å²) in [6, 6.07) is 15.9. The molecule has 0 amide bonds. The van der Waals surface area contributed by atoms with Gasteiger partial charge in [-0.25, -0.2) is 14.7 Å². The lowest BCUT2D eigenvalue weighted by molar-refractivity contribution is 0.281. The highest BCUT2D eigenvalue weighted by molar-refractivity contribution is 5.79. The number of para-hydroxylation sites is 1. The van der Waals surface area contributed by atoms with Crippen LogP contribution in [0.25, 0.3) is 5.82 Å². The fraction of sp³-hybridized carbons (Fsp3) is 0.348. The number of aromatic nitrogens is 3. The van der Waals surface area contributed by atoms with E-state index < -0.39 is 0 Å². The van der Waals surface area contributed by atoms with Gasteiger partial charge in [0.25, 0.3) is 0 Å². The normalized spacial score (nSPS) is 11.4. The average Bonchev–Trinajstić information content (AvgIpc) is 3.10. The van der Waals surface area contributed by atoms with Crippen LogP contribution in [0.1, 0.15) is 23.9 Å². The first-order valence-electron chi connectivity index (χ1n) is 10.2. The molecule has 0 bridgehead atoms. The van der Waals surface area contributed by atoms with E-state index >= 15 is 0 Å². The zero-order valence-electron chi connectivity index (χ0n) is 18.2. The number of nitrogens with one attached hydrogen (secondary N) is 1. The molecule has 7 nitrogen and oxygen atoms in total. The first kappa shape index (κ1) is 21.4. The van der Waals surface area contributed by atoms with E-state index in [0.29, 0.717) is 13.2 Å². The number of pyridine rings is 1. The Morgan fingerprint density at radius 2 is 1.97 bits per heavy atom. The topological polar surface area (TPSA) is 67.6 Å². The number of guanidine groups is 1. The van der Waals surface area contributed by atoms with Crippen molar-refractivity contribution in [3.63, 3.8) is 0 Å². The Morgan fingerprint density at radius 1 is 1.17 bits per heavy atom. The van der Waals surface area contributed by atoms with Gasteiger partial charge in [0.2, 0.25) is 0 Å². The van der Waals surface area contributed by atoms with Crippen molar-refractivity contribution in [2.24, 2.45) is 4.99 Å². The quantitative estimate of drug-likeness (QED) is 0.459. The van der Waals surface area contributed by atoms with E-state index in [1.807, 2.05) is 80.3 Å². The van der Waals surface area contributed by atoms with Gasteiger partial charge in [-0.2, -0.15) is 5.10 Å². The van der Waals surface area contributed by atoms with Crippen LogP contribution < -0.4 is 10.1 Å². The molecule has 0 saturated carbocycles. The number of benzene rings is 1.